The van der Waals surface area contributed by atoms with Crippen LogP contribution < -0.4 is 4.90 Å². The lowest BCUT2D eigenvalue weighted by Gasteiger charge is -2.36. The molecule has 0 saturated carbocycles. The Balaban J connectivity index is 1.23. The van der Waals surface area contributed by atoms with Gasteiger partial charge in [-0.25, -0.2) is 4.79 Å². The van der Waals surface area contributed by atoms with Gasteiger partial charge in [0.2, 0.25) is 11.8 Å². The predicted octanol–water partition coefficient (Wildman–Crippen LogP) is 2.80. The monoisotopic (exact) mass is 432 g/mol. The smallest absolute Gasteiger partial charge is 0.350 e. The normalized spacial score (nSPS) is 21.5. The van der Waals surface area contributed by atoms with E-state index in [1.165, 1.54) is 16.7 Å². The number of anilines is 1. The fourth-order valence-electron chi connectivity index (χ4n) is 3.65. The van der Waals surface area contributed by atoms with Gasteiger partial charge in [-0.15, -0.1) is 11.8 Å². The van der Waals surface area contributed by atoms with Crippen LogP contribution in [-0.2, 0) is 9.59 Å². The van der Waals surface area contributed by atoms with E-state index < -0.39 is 11.3 Å². The highest BCUT2D eigenvalue weighted by atomic mass is 35.5. The second kappa shape index (κ2) is 8.59. The van der Waals surface area contributed by atoms with Crippen molar-refractivity contribution in [2.24, 2.45) is 4.99 Å². The number of rotatable bonds is 5. The van der Waals surface area contributed by atoms with Crippen molar-refractivity contribution in [1.82, 2.24) is 9.80 Å². The fraction of sp³-hybridized carbons (Fsp3) is 0.400. The lowest BCUT2D eigenvalue weighted by molar-refractivity contribution is -0.132. The Labute approximate surface area is 178 Å². The molecule has 0 aliphatic carbocycles. The van der Waals surface area contributed by atoms with Crippen molar-refractivity contribution in [3.8, 4) is 0 Å². The molecule has 1 unspecified atom stereocenters. The second-order valence-electron chi connectivity index (χ2n) is 7.08. The molecule has 0 spiro atoms. The third kappa shape index (κ3) is 4.33. The molecule has 4 rings (SSSR count). The fourth-order valence-corrected chi connectivity index (χ4v) is 4.67. The molecule has 1 aromatic carbocycles. The van der Waals surface area contributed by atoms with Gasteiger partial charge in [0.15, 0.2) is 0 Å². The largest absolute Gasteiger partial charge is 0.368 e. The van der Waals surface area contributed by atoms with E-state index >= 15 is 0 Å². The van der Waals surface area contributed by atoms with E-state index in [1.807, 2.05) is 29.2 Å². The predicted molar refractivity (Wildman–Crippen MR) is 115 cm³/mol. The first-order valence-electron chi connectivity index (χ1n) is 9.57. The molecule has 7 nitrogen and oxygen atoms in total. The summed E-state index contributed by atoms with van der Waals surface area (Å²) in [6, 6.07) is 7.17. The van der Waals surface area contributed by atoms with Gasteiger partial charge in [0, 0.05) is 49.9 Å². The molecule has 3 heterocycles. The molecule has 1 saturated heterocycles. The molecule has 29 heavy (non-hydrogen) atoms. The van der Waals surface area contributed by atoms with E-state index in [4.69, 9.17) is 11.6 Å². The molecule has 0 N–H and O–H groups in total. The van der Waals surface area contributed by atoms with Crippen molar-refractivity contribution in [3.05, 3.63) is 40.8 Å². The number of aliphatic imine (C=N–C) groups is 1. The number of imide groups is 1. The highest BCUT2D eigenvalue weighted by molar-refractivity contribution is 8.04. The third-order valence-electron chi connectivity index (χ3n) is 5.26. The van der Waals surface area contributed by atoms with Crippen LogP contribution in [0.25, 0.3) is 0 Å². The minimum atomic E-state index is -0.530. The molecule has 1 aromatic rings. The number of benzene rings is 1. The minimum absolute atomic E-state index is 0.0544. The van der Waals surface area contributed by atoms with Crippen LogP contribution in [0.4, 0.5) is 10.5 Å². The van der Waals surface area contributed by atoms with Gasteiger partial charge in [-0.3, -0.25) is 14.5 Å². The van der Waals surface area contributed by atoms with Crippen molar-refractivity contribution < 1.29 is 14.4 Å². The summed E-state index contributed by atoms with van der Waals surface area (Å²) >= 11 is 7.30. The Kier molecular flexibility index (Phi) is 5.91. The van der Waals surface area contributed by atoms with E-state index in [1.54, 1.807) is 11.5 Å². The summed E-state index contributed by atoms with van der Waals surface area (Å²) in [5.41, 5.74) is 1.62. The van der Waals surface area contributed by atoms with Gasteiger partial charge in [0.25, 0.3) is 0 Å². The number of thioether (sulfide) groups is 1. The maximum atomic E-state index is 12.5. The summed E-state index contributed by atoms with van der Waals surface area (Å²) in [5, 5.41) is 2.08. The Morgan fingerprint density at radius 3 is 2.59 bits per heavy atom. The summed E-state index contributed by atoms with van der Waals surface area (Å²) in [6.45, 7) is 3.06. The van der Waals surface area contributed by atoms with Gasteiger partial charge in [0.05, 0.1) is 5.71 Å². The van der Waals surface area contributed by atoms with E-state index in [9.17, 15) is 14.4 Å². The van der Waals surface area contributed by atoms with Crippen LogP contribution in [-0.4, -0.2) is 71.3 Å². The summed E-state index contributed by atoms with van der Waals surface area (Å²) < 4.78 is 0. The Bertz CT molecular complexity index is 878. The number of amides is 4. The average Bonchev–Trinajstić information content (AvgIpc) is 3.19. The molecule has 1 fully saturated rings. The SMILES string of the molecule is O=C(CCCN1C(=O)N=C2C=CSC2C1=O)N1CCN(c2ccc(Cl)cc2)CC1. The van der Waals surface area contributed by atoms with E-state index in [-0.39, 0.29) is 18.4 Å². The minimum Gasteiger partial charge on any atom is -0.368 e. The van der Waals surface area contributed by atoms with Crippen LogP contribution in [0.5, 0.6) is 0 Å². The van der Waals surface area contributed by atoms with Crippen molar-refractivity contribution in [2.75, 3.05) is 37.6 Å². The van der Waals surface area contributed by atoms with Crippen LogP contribution in [0.3, 0.4) is 0 Å². The average molecular weight is 433 g/mol. The second-order valence-corrected chi connectivity index (χ2v) is 8.53. The number of urea groups is 1. The lowest BCUT2D eigenvalue weighted by atomic mass is 10.1. The zero-order valence-corrected chi connectivity index (χ0v) is 17.4. The van der Waals surface area contributed by atoms with Gasteiger partial charge in [-0.1, -0.05) is 11.6 Å². The van der Waals surface area contributed by atoms with Gasteiger partial charge < -0.3 is 9.80 Å². The standard InChI is InChI=1S/C20H21ClN4O3S/c21-14-3-5-15(6-4-14)23-9-11-24(12-10-23)17(26)2-1-8-25-19(27)18-16(7-13-29-18)22-20(25)28/h3-7,13,18H,1-2,8-12H2. The first kappa shape index (κ1) is 20.0. The summed E-state index contributed by atoms with van der Waals surface area (Å²) in [5.74, 6) is -0.183. The molecule has 3 aliphatic heterocycles. The number of allylic oxidation sites excluding steroid dienone is 1. The number of carbonyl (C=O) groups excluding carboxylic acids is 3. The molecular weight excluding hydrogens is 412 g/mol. The molecule has 0 radical (unpaired) electrons. The zero-order valence-electron chi connectivity index (χ0n) is 15.8. The third-order valence-corrected chi connectivity index (χ3v) is 6.53. The first-order valence-corrected chi connectivity index (χ1v) is 10.9. The molecule has 9 heteroatoms. The summed E-state index contributed by atoms with van der Waals surface area (Å²) in [4.78, 5) is 46.3. The molecule has 152 valence electrons. The van der Waals surface area contributed by atoms with Crippen molar-refractivity contribution in [2.45, 2.75) is 18.1 Å². The number of carbonyl (C=O) groups is 3. The van der Waals surface area contributed by atoms with Crippen molar-refractivity contribution >= 4 is 52.6 Å². The maximum Gasteiger partial charge on any atom is 0.350 e. The van der Waals surface area contributed by atoms with Gasteiger partial charge in [-0.05, 0) is 42.2 Å². The lowest BCUT2D eigenvalue weighted by Crippen LogP contribution is -2.49. The summed E-state index contributed by atoms with van der Waals surface area (Å²) in [7, 11) is 0. The van der Waals surface area contributed by atoms with Crippen LogP contribution >= 0.6 is 23.4 Å². The van der Waals surface area contributed by atoms with E-state index in [2.05, 4.69) is 9.89 Å². The zero-order chi connectivity index (χ0) is 20.4. The highest BCUT2D eigenvalue weighted by Gasteiger charge is 2.38. The Morgan fingerprint density at radius 2 is 1.86 bits per heavy atom. The number of nitrogens with zero attached hydrogens (tertiary/aromatic N) is 4. The Hall–Kier alpha value is -2.32. The van der Waals surface area contributed by atoms with Crippen LogP contribution in [0.1, 0.15) is 12.8 Å². The van der Waals surface area contributed by atoms with Gasteiger partial charge in [0.1, 0.15) is 5.25 Å². The topological polar surface area (TPSA) is 73.3 Å². The molecule has 0 aromatic heterocycles. The molecular formula is C20H21ClN4O3S. The van der Waals surface area contributed by atoms with Crippen molar-refractivity contribution in [1.29, 1.82) is 0 Å². The van der Waals surface area contributed by atoms with Crippen LogP contribution in [0, 0.1) is 0 Å². The molecule has 1 atom stereocenters. The number of halogens is 1. The number of piperazine rings is 1. The summed E-state index contributed by atoms with van der Waals surface area (Å²) in [6.07, 6.45) is 2.46. The van der Waals surface area contributed by atoms with Crippen molar-refractivity contribution in [3.63, 3.8) is 0 Å². The maximum absolute atomic E-state index is 12.5. The molecule has 3 aliphatic rings. The van der Waals surface area contributed by atoms with E-state index in [0.717, 1.165) is 18.8 Å². The number of hydrogen-bond acceptors (Lipinski definition) is 5. The number of fused-ring (bicyclic) bond motifs is 1. The van der Waals surface area contributed by atoms with Crippen LogP contribution in [0.2, 0.25) is 5.02 Å². The first-order chi connectivity index (χ1) is 14.0. The molecule has 0 bridgehead atoms. The molecule has 4 amide bonds. The van der Waals surface area contributed by atoms with Gasteiger partial charge in [-0.2, -0.15) is 4.99 Å². The Morgan fingerprint density at radius 1 is 1.14 bits per heavy atom. The van der Waals surface area contributed by atoms with Gasteiger partial charge >= 0.3 is 6.03 Å². The van der Waals surface area contributed by atoms with Crippen LogP contribution in [0.15, 0.2) is 40.7 Å². The number of hydrogen-bond donors (Lipinski definition) is 0. The quantitative estimate of drug-likeness (QED) is 0.715. The highest BCUT2D eigenvalue weighted by Crippen LogP contribution is 2.28. The van der Waals surface area contributed by atoms with E-state index in [0.29, 0.717) is 36.7 Å².